The van der Waals surface area contributed by atoms with Gasteiger partial charge in [-0.3, -0.25) is 4.79 Å². The topological polar surface area (TPSA) is 130 Å². The lowest BCUT2D eigenvalue weighted by Crippen LogP contribution is -2.13. The van der Waals surface area contributed by atoms with Crippen LogP contribution in [-0.2, 0) is 4.79 Å². The molecule has 0 bridgehead atoms. The zero-order valence-corrected chi connectivity index (χ0v) is 18.4. The monoisotopic (exact) mass is 481 g/mol. The van der Waals surface area contributed by atoms with Gasteiger partial charge in [0.2, 0.25) is 0 Å². The van der Waals surface area contributed by atoms with Crippen molar-refractivity contribution in [1.29, 1.82) is 0 Å². The van der Waals surface area contributed by atoms with Crippen LogP contribution in [-0.4, -0.2) is 44.2 Å². The van der Waals surface area contributed by atoms with Crippen LogP contribution in [0.5, 0.6) is 5.75 Å². The SMILES string of the molecule is O=C(O)COc1ccc(C(=O)Nc2cccc(Cl)c2Sc2ccccc2-c2nnn[nH]2)cc1. The van der Waals surface area contributed by atoms with Crippen molar-refractivity contribution in [2.45, 2.75) is 9.79 Å². The van der Waals surface area contributed by atoms with Crippen molar-refractivity contribution < 1.29 is 19.4 Å². The van der Waals surface area contributed by atoms with Crippen LogP contribution < -0.4 is 10.1 Å². The smallest absolute Gasteiger partial charge is 0.341 e. The molecule has 33 heavy (non-hydrogen) atoms. The van der Waals surface area contributed by atoms with Crippen LogP contribution in [0.3, 0.4) is 0 Å². The van der Waals surface area contributed by atoms with E-state index in [0.717, 1.165) is 10.5 Å². The van der Waals surface area contributed by atoms with Crippen LogP contribution in [0.4, 0.5) is 5.69 Å². The molecular formula is C22H16ClN5O4S. The number of ether oxygens (including phenoxy) is 1. The zero-order chi connectivity index (χ0) is 23.2. The minimum atomic E-state index is -1.08. The van der Waals surface area contributed by atoms with Crippen molar-refractivity contribution in [2.24, 2.45) is 0 Å². The molecule has 0 aliphatic carbocycles. The molecule has 3 N–H and O–H groups in total. The maximum atomic E-state index is 12.8. The van der Waals surface area contributed by atoms with Gasteiger partial charge >= 0.3 is 5.97 Å². The van der Waals surface area contributed by atoms with Gasteiger partial charge in [-0.2, -0.15) is 0 Å². The van der Waals surface area contributed by atoms with Crippen molar-refractivity contribution >= 4 is 40.9 Å². The molecule has 0 saturated heterocycles. The molecule has 0 fully saturated rings. The Morgan fingerprint density at radius 1 is 1.06 bits per heavy atom. The number of carboxylic acids is 1. The van der Waals surface area contributed by atoms with Gasteiger partial charge in [-0.1, -0.05) is 41.6 Å². The fraction of sp³-hybridized carbons (Fsp3) is 0.0455. The number of carbonyl (C=O) groups is 2. The second-order valence-corrected chi connectivity index (χ2v) is 8.08. The lowest BCUT2D eigenvalue weighted by Gasteiger charge is -2.14. The minimum Gasteiger partial charge on any atom is -0.482 e. The molecule has 1 aromatic heterocycles. The van der Waals surface area contributed by atoms with E-state index >= 15 is 0 Å². The summed E-state index contributed by atoms with van der Waals surface area (Å²) in [5, 5.41) is 26.0. The molecular weight excluding hydrogens is 466 g/mol. The Morgan fingerprint density at radius 2 is 1.85 bits per heavy atom. The van der Waals surface area contributed by atoms with Gasteiger partial charge < -0.3 is 15.2 Å². The number of nitrogens with one attached hydrogen (secondary N) is 2. The molecule has 0 spiro atoms. The second-order valence-electron chi connectivity index (χ2n) is 6.63. The van der Waals surface area contributed by atoms with E-state index in [2.05, 4.69) is 25.9 Å². The standard InChI is InChI=1S/C22H16ClN5O4S/c23-16-5-3-6-17(24-22(31)13-8-10-14(11-9-13)32-12-19(29)30)20(16)33-18-7-2-1-4-15(18)21-25-27-28-26-21/h1-11H,12H2,(H,24,31)(H,29,30)(H,25,26,27,28). The van der Waals surface area contributed by atoms with Gasteiger partial charge in [0, 0.05) is 16.0 Å². The van der Waals surface area contributed by atoms with Crippen molar-refractivity contribution in [1.82, 2.24) is 20.6 Å². The number of H-pyrrole nitrogens is 1. The summed E-state index contributed by atoms with van der Waals surface area (Å²) in [5.41, 5.74) is 1.71. The van der Waals surface area contributed by atoms with Crippen molar-refractivity contribution in [3.05, 3.63) is 77.3 Å². The van der Waals surface area contributed by atoms with Crippen LogP contribution in [0.2, 0.25) is 5.02 Å². The van der Waals surface area contributed by atoms with Crippen LogP contribution in [0.25, 0.3) is 11.4 Å². The molecule has 4 rings (SSSR count). The largest absolute Gasteiger partial charge is 0.482 e. The molecule has 4 aromatic rings. The lowest BCUT2D eigenvalue weighted by atomic mass is 10.2. The van der Waals surface area contributed by atoms with Crippen molar-refractivity contribution in [2.75, 3.05) is 11.9 Å². The third-order valence-corrected chi connectivity index (χ3v) is 6.04. The molecule has 0 atom stereocenters. The van der Waals surface area contributed by atoms with Crippen LogP contribution in [0.15, 0.2) is 76.5 Å². The predicted octanol–water partition coefficient (Wildman–Crippen LogP) is 4.39. The number of nitrogens with zero attached hydrogens (tertiary/aromatic N) is 3. The van der Waals surface area contributed by atoms with Crippen molar-refractivity contribution in [3.8, 4) is 17.1 Å². The number of aromatic nitrogens is 4. The van der Waals surface area contributed by atoms with E-state index in [-0.39, 0.29) is 5.91 Å². The van der Waals surface area contributed by atoms with Crippen LogP contribution in [0.1, 0.15) is 10.4 Å². The number of hydrogen-bond acceptors (Lipinski definition) is 7. The van der Waals surface area contributed by atoms with E-state index in [9.17, 15) is 9.59 Å². The van der Waals surface area contributed by atoms with Gasteiger partial charge in [0.1, 0.15) is 5.75 Å². The van der Waals surface area contributed by atoms with E-state index < -0.39 is 12.6 Å². The molecule has 11 heteroatoms. The average Bonchev–Trinajstić information content (AvgIpc) is 3.35. The second kappa shape index (κ2) is 10.2. The summed E-state index contributed by atoms with van der Waals surface area (Å²) in [6.07, 6.45) is 0. The Balaban J connectivity index is 1.56. The molecule has 0 aliphatic heterocycles. The summed E-state index contributed by atoms with van der Waals surface area (Å²) in [7, 11) is 0. The highest BCUT2D eigenvalue weighted by atomic mass is 35.5. The Morgan fingerprint density at radius 3 is 2.58 bits per heavy atom. The quantitative estimate of drug-likeness (QED) is 0.338. The van der Waals surface area contributed by atoms with Gasteiger partial charge in [-0.15, -0.1) is 5.10 Å². The van der Waals surface area contributed by atoms with E-state index in [1.165, 1.54) is 23.9 Å². The summed E-state index contributed by atoms with van der Waals surface area (Å²) < 4.78 is 5.09. The Labute approximate surface area is 197 Å². The molecule has 0 saturated carbocycles. The Kier molecular flexibility index (Phi) is 6.86. The average molecular weight is 482 g/mol. The summed E-state index contributed by atoms with van der Waals surface area (Å²) in [4.78, 5) is 25.0. The van der Waals surface area contributed by atoms with Gasteiger partial charge in [-0.25, -0.2) is 9.89 Å². The van der Waals surface area contributed by atoms with Gasteiger partial charge in [0.25, 0.3) is 5.91 Å². The van der Waals surface area contributed by atoms with Crippen molar-refractivity contribution in [3.63, 3.8) is 0 Å². The first-order valence-electron chi connectivity index (χ1n) is 9.57. The maximum absolute atomic E-state index is 12.8. The Bertz CT molecular complexity index is 1280. The van der Waals surface area contributed by atoms with Gasteiger partial charge in [-0.05, 0) is 59.0 Å². The number of aliphatic carboxylic acids is 1. The molecule has 1 heterocycles. The zero-order valence-electron chi connectivity index (χ0n) is 16.9. The lowest BCUT2D eigenvalue weighted by molar-refractivity contribution is -0.139. The minimum absolute atomic E-state index is 0.350. The first kappa shape index (κ1) is 22.3. The highest BCUT2D eigenvalue weighted by Gasteiger charge is 2.16. The number of carboxylic acid groups (broad SMARTS) is 1. The number of rotatable bonds is 8. The summed E-state index contributed by atoms with van der Waals surface area (Å²) in [6, 6.07) is 19.0. The molecule has 0 unspecified atom stereocenters. The number of hydrogen-bond donors (Lipinski definition) is 3. The summed E-state index contributed by atoms with van der Waals surface area (Å²) >= 11 is 7.86. The maximum Gasteiger partial charge on any atom is 0.341 e. The van der Waals surface area contributed by atoms with Crippen LogP contribution >= 0.6 is 23.4 Å². The fourth-order valence-electron chi connectivity index (χ4n) is 2.89. The normalized spacial score (nSPS) is 10.6. The Hall–Kier alpha value is -3.89. The summed E-state index contributed by atoms with van der Waals surface area (Å²) in [5.74, 6) is -0.562. The van der Waals surface area contributed by atoms with Crippen LogP contribution in [0, 0.1) is 0 Å². The first-order chi connectivity index (χ1) is 16.0. The number of benzene rings is 3. The fourth-order valence-corrected chi connectivity index (χ4v) is 4.21. The van der Waals surface area contributed by atoms with E-state index in [1.54, 1.807) is 30.3 Å². The highest BCUT2D eigenvalue weighted by molar-refractivity contribution is 7.99. The highest BCUT2D eigenvalue weighted by Crippen LogP contribution is 2.42. The van der Waals surface area contributed by atoms with Gasteiger partial charge in [0.05, 0.1) is 15.6 Å². The number of amides is 1. The molecule has 166 valence electrons. The van der Waals surface area contributed by atoms with E-state index in [1.807, 2.05) is 24.3 Å². The number of halogens is 1. The number of tetrazole rings is 1. The molecule has 0 aliphatic rings. The number of anilines is 1. The summed E-state index contributed by atoms with van der Waals surface area (Å²) in [6.45, 7) is -0.458. The molecule has 3 aromatic carbocycles. The predicted molar refractivity (Wildman–Crippen MR) is 123 cm³/mol. The molecule has 9 nitrogen and oxygen atoms in total. The number of aromatic amines is 1. The third kappa shape index (κ3) is 5.48. The molecule has 1 amide bonds. The number of carbonyl (C=O) groups excluding carboxylic acids is 1. The van der Waals surface area contributed by atoms with E-state index in [4.69, 9.17) is 21.4 Å². The molecule has 0 radical (unpaired) electrons. The van der Waals surface area contributed by atoms with E-state index in [0.29, 0.717) is 32.7 Å². The third-order valence-electron chi connectivity index (χ3n) is 4.39. The first-order valence-corrected chi connectivity index (χ1v) is 10.8. The van der Waals surface area contributed by atoms with Gasteiger partial charge in [0.15, 0.2) is 12.4 Å².